The molecule has 1 aromatic rings. The highest BCUT2D eigenvalue weighted by Gasteiger charge is 2.22. The molecule has 0 fully saturated rings. The molecular weight excluding hydrogens is 174 g/mol. The molecule has 0 spiro atoms. The maximum atomic E-state index is 9.55. The molecule has 3 N–H and O–H groups in total. The lowest BCUT2D eigenvalue weighted by atomic mass is 10.1. The predicted octanol–water partition coefficient (Wildman–Crippen LogP) is 1.99. The molecular formula is C9H10ClNO. The molecule has 0 bridgehead atoms. The van der Waals surface area contributed by atoms with Gasteiger partial charge in [-0.3, -0.25) is 0 Å². The largest absolute Gasteiger partial charge is 0.506 e. The van der Waals surface area contributed by atoms with Crippen LogP contribution in [0.15, 0.2) is 12.1 Å². The summed E-state index contributed by atoms with van der Waals surface area (Å²) < 4.78 is 0. The zero-order valence-corrected chi connectivity index (χ0v) is 7.30. The van der Waals surface area contributed by atoms with Crippen molar-refractivity contribution < 1.29 is 5.11 Å². The lowest BCUT2D eigenvalue weighted by molar-refractivity contribution is 0.469. The predicted molar refractivity (Wildman–Crippen MR) is 48.4 cm³/mol. The van der Waals surface area contributed by atoms with Crippen LogP contribution in [0.25, 0.3) is 0 Å². The van der Waals surface area contributed by atoms with Crippen LogP contribution in [0.2, 0.25) is 5.02 Å². The number of aromatic hydroxyl groups is 1. The third-order valence-corrected chi connectivity index (χ3v) is 2.68. The fraction of sp³-hybridized carbons (Fsp3) is 0.333. The van der Waals surface area contributed by atoms with Crippen molar-refractivity contribution in [1.29, 1.82) is 0 Å². The Kier molecular flexibility index (Phi) is 1.74. The summed E-state index contributed by atoms with van der Waals surface area (Å²) in [5.74, 6) is 0.210. The SMILES string of the molecule is NC1CCc2c1ccc(Cl)c2O. The molecule has 1 aliphatic rings. The van der Waals surface area contributed by atoms with Crippen molar-refractivity contribution in [1.82, 2.24) is 0 Å². The number of hydrogen-bond acceptors (Lipinski definition) is 2. The third kappa shape index (κ3) is 0.993. The van der Waals surface area contributed by atoms with E-state index in [-0.39, 0.29) is 11.8 Å². The molecule has 1 atom stereocenters. The first-order valence-corrected chi connectivity index (χ1v) is 4.34. The number of rotatable bonds is 0. The Morgan fingerprint density at radius 2 is 2.25 bits per heavy atom. The van der Waals surface area contributed by atoms with Gasteiger partial charge in [0.25, 0.3) is 0 Å². The van der Waals surface area contributed by atoms with Crippen LogP contribution in [0.1, 0.15) is 23.6 Å². The molecule has 12 heavy (non-hydrogen) atoms. The van der Waals surface area contributed by atoms with Crippen molar-refractivity contribution in [2.24, 2.45) is 5.73 Å². The Labute approximate surface area is 76.0 Å². The molecule has 3 heteroatoms. The molecule has 1 aromatic carbocycles. The molecule has 0 saturated carbocycles. The van der Waals surface area contributed by atoms with Gasteiger partial charge in [0.1, 0.15) is 5.75 Å². The van der Waals surface area contributed by atoms with E-state index in [0.29, 0.717) is 5.02 Å². The molecule has 1 unspecified atom stereocenters. The van der Waals surface area contributed by atoms with Gasteiger partial charge in [-0.2, -0.15) is 0 Å². The summed E-state index contributed by atoms with van der Waals surface area (Å²) in [6.07, 6.45) is 1.74. The maximum Gasteiger partial charge on any atom is 0.137 e. The van der Waals surface area contributed by atoms with Crippen molar-refractivity contribution in [3.63, 3.8) is 0 Å². The Bertz CT molecular complexity index is 325. The molecule has 0 aliphatic heterocycles. The Hall–Kier alpha value is -0.730. The first kappa shape index (κ1) is 7.90. The average molecular weight is 184 g/mol. The number of halogens is 1. The van der Waals surface area contributed by atoms with Crippen molar-refractivity contribution in [3.8, 4) is 5.75 Å². The van der Waals surface area contributed by atoms with Gasteiger partial charge in [-0.25, -0.2) is 0 Å². The summed E-state index contributed by atoms with van der Waals surface area (Å²) in [5, 5.41) is 9.97. The summed E-state index contributed by atoms with van der Waals surface area (Å²) in [5.41, 5.74) is 7.78. The number of hydrogen-bond donors (Lipinski definition) is 2. The highest BCUT2D eigenvalue weighted by molar-refractivity contribution is 6.32. The molecule has 0 amide bonds. The minimum atomic E-state index is 0.0724. The molecule has 2 rings (SSSR count). The van der Waals surface area contributed by atoms with E-state index >= 15 is 0 Å². The van der Waals surface area contributed by atoms with E-state index in [9.17, 15) is 5.11 Å². The van der Waals surface area contributed by atoms with Gasteiger partial charge >= 0.3 is 0 Å². The number of fused-ring (bicyclic) bond motifs is 1. The van der Waals surface area contributed by atoms with Crippen molar-refractivity contribution in [2.75, 3.05) is 0 Å². The molecule has 64 valence electrons. The average Bonchev–Trinajstić information content (AvgIpc) is 2.41. The van der Waals surface area contributed by atoms with E-state index < -0.39 is 0 Å². The van der Waals surface area contributed by atoms with E-state index in [4.69, 9.17) is 17.3 Å². The molecule has 0 heterocycles. The van der Waals surface area contributed by atoms with Crippen molar-refractivity contribution in [2.45, 2.75) is 18.9 Å². The van der Waals surface area contributed by atoms with Gasteiger partial charge in [0.15, 0.2) is 0 Å². The van der Waals surface area contributed by atoms with E-state index in [1.807, 2.05) is 6.07 Å². The second kappa shape index (κ2) is 2.64. The zero-order chi connectivity index (χ0) is 8.72. The lowest BCUT2D eigenvalue weighted by Crippen LogP contribution is -2.04. The van der Waals surface area contributed by atoms with Crippen LogP contribution in [0, 0.1) is 0 Å². The standard InChI is InChI=1S/C9H10ClNO/c10-7-3-1-5-6(9(7)12)2-4-8(5)11/h1,3,8,12H,2,4,11H2. The summed E-state index contributed by atoms with van der Waals surface area (Å²) in [7, 11) is 0. The second-order valence-electron chi connectivity index (χ2n) is 3.11. The molecule has 0 aromatic heterocycles. The van der Waals surface area contributed by atoms with E-state index in [2.05, 4.69) is 0 Å². The number of phenols is 1. The van der Waals surface area contributed by atoms with E-state index in [1.165, 1.54) is 0 Å². The van der Waals surface area contributed by atoms with Crippen molar-refractivity contribution >= 4 is 11.6 Å². The van der Waals surface area contributed by atoms with Crippen LogP contribution >= 0.6 is 11.6 Å². The molecule has 0 saturated heterocycles. The quantitative estimate of drug-likeness (QED) is 0.646. The summed E-state index contributed by atoms with van der Waals surface area (Å²) in [6, 6.07) is 3.67. The highest BCUT2D eigenvalue weighted by Crippen LogP contribution is 2.38. The number of nitrogens with two attached hydrogens (primary N) is 1. The first-order valence-electron chi connectivity index (χ1n) is 3.96. The van der Waals surface area contributed by atoms with Gasteiger partial charge in [0.2, 0.25) is 0 Å². The number of benzene rings is 1. The Morgan fingerprint density at radius 1 is 1.50 bits per heavy atom. The van der Waals surface area contributed by atoms with Crippen LogP contribution in [0.5, 0.6) is 5.75 Å². The molecule has 1 aliphatic carbocycles. The van der Waals surface area contributed by atoms with Crippen LogP contribution in [0.4, 0.5) is 0 Å². The van der Waals surface area contributed by atoms with Gasteiger partial charge in [0, 0.05) is 11.6 Å². The third-order valence-electron chi connectivity index (χ3n) is 2.37. The second-order valence-corrected chi connectivity index (χ2v) is 3.52. The topological polar surface area (TPSA) is 46.2 Å². The lowest BCUT2D eigenvalue weighted by Gasteiger charge is -2.06. The van der Waals surface area contributed by atoms with Crippen LogP contribution in [-0.2, 0) is 6.42 Å². The fourth-order valence-electron chi connectivity index (χ4n) is 1.69. The number of phenolic OH excluding ortho intramolecular Hbond substituents is 1. The van der Waals surface area contributed by atoms with Crippen LogP contribution in [0.3, 0.4) is 0 Å². The molecule has 2 nitrogen and oxygen atoms in total. The minimum Gasteiger partial charge on any atom is -0.506 e. The summed E-state index contributed by atoms with van der Waals surface area (Å²) >= 11 is 5.75. The van der Waals surface area contributed by atoms with Gasteiger partial charge in [-0.05, 0) is 24.5 Å². The Balaban J connectivity index is 2.60. The Morgan fingerprint density at radius 3 is 3.00 bits per heavy atom. The normalized spacial score (nSPS) is 21.0. The molecule has 0 radical (unpaired) electrons. The van der Waals surface area contributed by atoms with Crippen LogP contribution < -0.4 is 5.73 Å². The van der Waals surface area contributed by atoms with E-state index in [0.717, 1.165) is 24.0 Å². The fourth-order valence-corrected chi connectivity index (χ4v) is 1.87. The van der Waals surface area contributed by atoms with Gasteiger partial charge in [-0.1, -0.05) is 17.7 Å². The van der Waals surface area contributed by atoms with Gasteiger partial charge < -0.3 is 10.8 Å². The summed E-state index contributed by atoms with van der Waals surface area (Å²) in [6.45, 7) is 0. The smallest absolute Gasteiger partial charge is 0.137 e. The van der Waals surface area contributed by atoms with Crippen molar-refractivity contribution in [3.05, 3.63) is 28.3 Å². The maximum absolute atomic E-state index is 9.55. The van der Waals surface area contributed by atoms with Gasteiger partial charge in [0.05, 0.1) is 5.02 Å². The zero-order valence-electron chi connectivity index (χ0n) is 6.55. The first-order chi connectivity index (χ1) is 5.70. The minimum absolute atomic E-state index is 0.0724. The highest BCUT2D eigenvalue weighted by atomic mass is 35.5. The van der Waals surface area contributed by atoms with E-state index in [1.54, 1.807) is 6.07 Å². The summed E-state index contributed by atoms with van der Waals surface area (Å²) in [4.78, 5) is 0. The van der Waals surface area contributed by atoms with Crippen LogP contribution in [-0.4, -0.2) is 5.11 Å². The monoisotopic (exact) mass is 183 g/mol. The van der Waals surface area contributed by atoms with Gasteiger partial charge in [-0.15, -0.1) is 0 Å².